The zero-order valence-electron chi connectivity index (χ0n) is 10.9. The van der Waals surface area contributed by atoms with E-state index in [2.05, 4.69) is 20.7 Å². The lowest BCUT2D eigenvalue weighted by Gasteiger charge is -2.10. The van der Waals surface area contributed by atoms with Crippen LogP contribution in [0.25, 0.3) is 0 Å². The van der Waals surface area contributed by atoms with Gasteiger partial charge in [-0.1, -0.05) is 11.6 Å². The number of nitrogen functional groups attached to an aromatic ring is 1. The molecule has 0 fully saturated rings. The Balaban J connectivity index is 2.32. The number of methoxy groups -OCH3 is 1. The lowest BCUT2D eigenvalue weighted by Crippen LogP contribution is -2.13. The molecule has 2 aromatic carbocycles. The number of benzene rings is 2. The Bertz CT molecular complexity index is 781. The predicted molar refractivity (Wildman–Crippen MR) is 87.4 cm³/mol. The van der Waals surface area contributed by atoms with Gasteiger partial charge in [0, 0.05) is 10.2 Å². The monoisotopic (exact) mass is 390 g/mol. The molecular formula is C13H12BrClN2O3S. The van der Waals surface area contributed by atoms with Crippen LogP contribution in [0, 0.1) is 0 Å². The van der Waals surface area contributed by atoms with E-state index in [1.165, 1.54) is 25.3 Å². The van der Waals surface area contributed by atoms with E-state index in [1.807, 2.05) is 0 Å². The second-order valence-corrected chi connectivity index (χ2v) is 7.08. The van der Waals surface area contributed by atoms with E-state index in [1.54, 1.807) is 18.2 Å². The molecule has 5 nitrogen and oxygen atoms in total. The van der Waals surface area contributed by atoms with Crippen molar-refractivity contribution in [2.24, 2.45) is 0 Å². The van der Waals surface area contributed by atoms with Crippen molar-refractivity contribution in [3.8, 4) is 5.75 Å². The fourth-order valence-electron chi connectivity index (χ4n) is 1.63. The molecule has 0 radical (unpaired) electrons. The van der Waals surface area contributed by atoms with Gasteiger partial charge in [0.15, 0.2) is 0 Å². The topological polar surface area (TPSA) is 81.4 Å². The zero-order chi connectivity index (χ0) is 15.6. The quantitative estimate of drug-likeness (QED) is 0.782. The molecule has 112 valence electrons. The van der Waals surface area contributed by atoms with Gasteiger partial charge >= 0.3 is 0 Å². The maximum atomic E-state index is 12.3. The SMILES string of the molecule is COc1ccc(NS(=O)(=O)c2ccc(Br)c(N)c2)cc1Cl. The summed E-state index contributed by atoms with van der Waals surface area (Å²) < 4.78 is 32.6. The van der Waals surface area contributed by atoms with E-state index in [9.17, 15) is 8.42 Å². The molecule has 0 amide bonds. The van der Waals surface area contributed by atoms with Crippen LogP contribution in [0.3, 0.4) is 0 Å². The average Bonchev–Trinajstić information content (AvgIpc) is 2.41. The second kappa shape index (κ2) is 6.13. The molecule has 2 rings (SSSR count). The summed E-state index contributed by atoms with van der Waals surface area (Å²) in [4.78, 5) is 0.0649. The minimum absolute atomic E-state index is 0.0649. The molecule has 0 aliphatic carbocycles. The number of ether oxygens (including phenoxy) is 1. The normalized spacial score (nSPS) is 11.2. The van der Waals surface area contributed by atoms with Crippen molar-refractivity contribution >= 4 is 48.9 Å². The number of hydrogen-bond donors (Lipinski definition) is 2. The standard InChI is InChI=1S/C13H12BrClN2O3S/c1-20-13-5-2-8(6-11(13)15)17-21(18,19)9-3-4-10(14)12(16)7-9/h2-7,17H,16H2,1H3. The van der Waals surface area contributed by atoms with E-state index in [4.69, 9.17) is 22.1 Å². The largest absolute Gasteiger partial charge is 0.495 e. The summed E-state index contributed by atoms with van der Waals surface area (Å²) >= 11 is 9.18. The Morgan fingerprint density at radius 1 is 1.24 bits per heavy atom. The maximum absolute atomic E-state index is 12.3. The maximum Gasteiger partial charge on any atom is 0.261 e. The van der Waals surface area contributed by atoms with Crippen LogP contribution in [-0.2, 0) is 10.0 Å². The molecule has 0 saturated heterocycles. The van der Waals surface area contributed by atoms with Crippen LogP contribution in [0.5, 0.6) is 5.75 Å². The molecule has 8 heteroatoms. The number of anilines is 2. The molecule has 0 unspecified atom stereocenters. The minimum atomic E-state index is -3.74. The summed E-state index contributed by atoms with van der Waals surface area (Å²) in [7, 11) is -2.26. The molecule has 0 aromatic heterocycles. The number of nitrogens with two attached hydrogens (primary N) is 1. The molecule has 2 aromatic rings. The predicted octanol–water partition coefficient (Wildman–Crippen LogP) is 3.49. The van der Waals surface area contributed by atoms with Gasteiger partial charge in [-0.3, -0.25) is 4.72 Å². The third-order valence-corrected chi connectivity index (χ3v) is 5.08. The number of rotatable bonds is 4. The van der Waals surface area contributed by atoms with Crippen LogP contribution in [0.4, 0.5) is 11.4 Å². The van der Waals surface area contributed by atoms with Crippen molar-refractivity contribution in [1.29, 1.82) is 0 Å². The van der Waals surface area contributed by atoms with Crippen LogP contribution in [0.2, 0.25) is 5.02 Å². The van der Waals surface area contributed by atoms with Crippen molar-refractivity contribution in [2.45, 2.75) is 4.90 Å². The highest BCUT2D eigenvalue weighted by molar-refractivity contribution is 9.10. The van der Waals surface area contributed by atoms with E-state index in [0.717, 1.165) is 0 Å². The Morgan fingerprint density at radius 2 is 1.95 bits per heavy atom. The molecule has 0 atom stereocenters. The summed E-state index contributed by atoms with van der Waals surface area (Å²) in [5, 5.41) is 0.313. The first kappa shape index (κ1) is 15.9. The van der Waals surface area contributed by atoms with Crippen molar-refractivity contribution in [1.82, 2.24) is 0 Å². The summed E-state index contributed by atoms with van der Waals surface area (Å²) in [6.45, 7) is 0. The number of hydrogen-bond acceptors (Lipinski definition) is 4. The lowest BCUT2D eigenvalue weighted by molar-refractivity contribution is 0.415. The Morgan fingerprint density at radius 3 is 2.52 bits per heavy atom. The van der Waals surface area contributed by atoms with Gasteiger partial charge in [0.2, 0.25) is 0 Å². The van der Waals surface area contributed by atoms with E-state index in [-0.39, 0.29) is 4.90 Å². The third kappa shape index (κ3) is 3.61. The molecule has 0 heterocycles. The fourth-order valence-corrected chi connectivity index (χ4v) is 3.22. The van der Waals surface area contributed by atoms with E-state index in [0.29, 0.717) is 26.6 Å². The summed E-state index contributed by atoms with van der Waals surface area (Å²) in [6, 6.07) is 9.01. The first-order chi connectivity index (χ1) is 9.83. The van der Waals surface area contributed by atoms with Gasteiger partial charge in [-0.15, -0.1) is 0 Å². The molecule has 0 bridgehead atoms. The Labute approximate surface area is 136 Å². The summed E-state index contributed by atoms with van der Waals surface area (Å²) in [5.74, 6) is 0.465. The van der Waals surface area contributed by atoms with Crippen LogP contribution in [0.1, 0.15) is 0 Å². The van der Waals surface area contributed by atoms with Crippen molar-refractivity contribution in [2.75, 3.05) is 17.6 Å². The van der Waals surface area contributed by atoms with Gasteiger partial charge in [-0.2, -0.15) is 0 Å². The number of nitrogens with one attached hydrogen (secondary N) is 1. The van der Waals surface area contributed by atoms with Crippen molar-refractivity contribution in [3.63, 3.8) is 0 Å². The summed E-state index contributed by atoms with van der Waals surface area (Å²) in [6.07, 6.45) is 0. The highest BCUT2D eigenvalue weighted by Gasteiger charge is 2.16. The van der Waals surface area contributed by atoms with Gasteiger partial charge in [-0.05, 0) is 52.3 Å². The number of sulfonamides is 1. The molecule has 0 aliphatic rings. The average molecular weight is 392 g/mol. The van der Waals surface area contributed by atoms with Gasteiger partial charge in [0.1, 0.15) is 5.75 Å². The van der Waals surface area contributed by atoms with Crippen LogP contribution in [-0.4, -0.2) is 15.5 Å². The van der Waals surface area contributed by atoms with Crippen LogP contribution >= 0.6 is 27.5 Å². The minimum Gasteiger partial charge on any atom is -0.495 e. The molecule has 0 spiro atoms. The second-order valence-electron chi connectivity index (χ2n) is 4.14. The zero-order valence-corrected chi connectivity index (χ0v) is 14.1. The van der Waals surface area contributed by atoms with E-state index >= 15 is 0 Å². The van der Waals surface area contributed by atoms with Crippen LogP contribution < -0.4 is 15.2 Å². The lowest BCUT2D eigenvalue weighted by atomic mass is 10.3. The Hall–Kier alpha value is -1.44. The molecule has 21 heavy (non-hydrogen) atoms. The molecular weight excluding hydrogens is 380 g/mol. The first-order valence-corrected chi connectivity index (χ1v) is 8.40. The highest BCUT2D eigenvalue weighted by atomic mass is 79.9. The van der Waals surface area contributed by atoms with Gasteiger partial charge in [0.25, 0.3) is 10.0 Å². The highest BCUT2D eigenvalue weighted by Crippen LogP contribution is 2.29. The fraction of sp³-hybridized carbons (Fsp3) is 0.0769. The number of halogens is 2. The van der Waals surface area contributed by atoms with Gasteiger partial charge in [-0.25, -0.2) is 8.42 Å². The third-order valence-electron chi connectivity index (χ3n) is 2.68. The molecule has 0 aliphatic heterocycles. The van der Waals surface area contributed by atoms with E-state index < -0.39 is 10.0 Å². The van der Waals surface area contributed by atoms with Crippen LogP contribution in [0.15, 0.2) is 45.8 Å². The van der Waals surface area contributed by atoms with Crippen molar-refractivity contribution in [3.05, 3.63) is 45.9 Å². The summed E-state index contributed by atoms with van der Waals surface area (Å²) in [5.41, 5.74) is 6.37. The molecule has 0 saturated carbocycles. The Kier molecular flexibility index (Phi) is 4.65. The van der Waals surface area contributed by atoms with Crippen molar-refractivity contribution < 1.29 is 13.2 Å². The van der Waals surface area contributed by atoms with Gasteiger partial charge in [0.05, 0.1) is 22.7 Å². The smallest absolute Gasteiger partial charge is 0.261 e. The molecule has 3 N–H and O–H groups in total. The first-order valence-electron chi connectivity index (χ1n) is 5.75. The van der Waals surface area contributed by atoms with Gasteiger partial charge < -0.3 is 10.5 Å².